The fourth-order valence-corrected chi connectivity index (χ4v) is 5.14. The number of hydrogen-bond acceptors (Lipinski definition) is 6. The van der Waals surface area contributed by atoms with Gasteiger partial charge in [-0.15, -0.1) is 5.10 Å². The quantitative estimate of drug-likeness (QED) is 0.482. The highest BCUT2D eigenvalue weighted by atomic mass is 35.5. The molecule has 1 aliphatic heterocycles. The molecule has 0 spiro atoms. The van der Waals surface area contributed by atoms with Crippen LogP contribution in [0, 0.1) is 5.92 Å². The molecule has 1 N–H and O–H groups in total. The lowest BCUT2D eigenvalue weighted by atomic mass is 9.95. The Morgan fingerprint density at radius 3 is 2.62 bits per heavy atom. The van der Waals surface area contributed by atoms with Gasteiger partial charge in [0.25, 0.3) is 0 Å². The minimum absolute atomic E-state index is 0.0553. The second-order valence-corrected chi connectivity index (χ2v) is 9.02. The lowest BCUT2D eigenvalue weighted by molar-refractivity contribution is 0.157. The van der Waals surface area contributed by atoms with Crippen LogP contribution in [-0.4, -0.2) is 37.7 Å². The molecule has 0 amide bonds. The Morgan fingerprint density at radius 2 is 1.97 bits per heavy atom. The first-order valence-electron chi connectivity index (χ1n) is 9.72. The Labute approximate surface area is 177 Å². The molecule has 1 atom stereocenters. The molecule has 4 aromatic rings. The smallest absolute Gasteiger partial charge is 0.230 e. The standard InChI is InChI=1S/C21H21ClN4O2S/c1-13-8-10-25(11-9-13)17(14-4-6-15(22)7-5-14)18-20(27)26-21(29-18)23-19(24-26)16-3-2-12-28-16/h2-7,12-13,17,27H,8-11H2,1H3/t17-/m0/s1. The third kappa shape index (κ3) is 3.43. The van der Waals surface area contributed by atoms with Gasteiger partial charge in [0.05, 0.1) is 17.2 Å². The lowest BCUT2D eigenvalue weighted by Gasteiger charge is -2.36. The molecule has 29 heavy (non-hydrogen) atoms. The summed E-state index contributed by atoms with van der Waals surface area (Å²) in [7, 11) is 0. The van der Waals surface area contributed by atoms with E-state index in [4.69, 9.17) is 16.0 Å². The van der Waals surface area contributed by atoms with Crippen molar-refractivity contribution in [3.63, 3.8) is 0 Å². The van der Waals surface area contributed by atoms with E-state index in [1.807, 2.05) is 30.3 Å². The second-order valence-electron chi connectivity index (χ2n) is 7.57. The van der Waals surface area contributed by atoms with Crippen LogP contribution >= 0.6 is 22.9 Å². The van der Waals surface area contributed by atoms with Gasteiger partial charge in [-0.25, -0.2) is 0 Å². The number of furan rings is 1. The van der Waals surface area contributed by atoms with Crippen molar-refractivity contribution in [2.45, 2.75) is 25.8 Å². The van der Waals surface area contributed by atoms with Crippen molar-refractivity contribution in [1.82, 2.24) is 19.5 Å². The van der Waals surface area contributed by atoms with Crippen LogP contribution in [0.5, 0.6) is 5.88 Å². The van der Waals surface area contributed by atoms with Crippen LogP contribution in [0.2, 0.25) is 5.02 Å². The summed E-state index contributed by atoms with van der Waals surface area (Å²) in [4.78, 5) is 8.49. The van der Waals surface area contributed by atoms with Gasteiger partial charge in [0.1, 0.15) is 0 Å². The molecule has 1 aliphatic rings. The van der Waals surface area contributed by atoms with E-state index in [2.05, 4.69) is 21.9 Å². The fraction of sp³-hybridized carbons (Fsp3) is 0.333. The van der Waals surface area contributed by atoms with Crippen molar-refractivity contribution in [2.75, 3.05) is 13.1 Å². The topological polar surface area (TPSA) is 66.8 Å². The number of fused-ring (bicyclic) bond motifs is 1. The van der Waals surface area contributed by atoms with E-state index in [9.17, 15) is 5.11 Å². The summed E-state index contributed by atoms with van der Waals surface area (Å²) in [5, 5.41) is 16.2. The first kappa shape index (κ1) is 18.7. The molecule has 3 aromatic heterocycles. The highest BCUT2D eigenvalue weighted by Crippen LogP contribution is 2.41. The fourth-order valence-electron chi connectivity index (χ4n) is 3.90. The van der Waals surface area contributed by atoms with Crippen molar-refractivity contribution in [2.24, 2.45) is 5.92 Å². The molecule has 6 nitrogen and oxygen atoms in total. The number of piperidine rings is 1. The van der Waals surface area contributed by atoms with Gasteiger partial charge >= 0.3 is 0 Å². The minimum Gasteiger partial charge on any atom is -0.492 e. The zero-order chi connectivity index (χ0) is 20.0. The van der Waals surface area contributed by atoms with E-state index in [0.29, 0.717) is 21.6 Å². The summed E-state index contributed by atoms with van der Waals surface area (Å²) in [5.74, 6) is 1.91. The van der Waals surface area contributed by atoms with Gasteiger partial charge in [-0.3, -0.25) is 4.90 Å². The molecule has 1 saturated heterocycles. The zero-order valence-electron chi connectivity index (χ0n) is 16.0. The number of aromatic nitrogens is 3. The van der Waals surface area contributed by atoms with E-state index >= 15 is 0 Å². The molecule has 0 aliphatic carbocycles. The number of likely N-dealkylation sites (tertiary alicyclic amines) is 1. The van der Waals surface area contributed by atoms with E-state index in [0.717, 1.165) is 42.3 Å². The molecule has 0 saturated carbocycles. The number of nitrogens with zero attached hydrogens (tertiary/aromatic N) is 4. The van der Waals surface area contributed by atoms with Crippen LogP contribution in [0.4, 0.5) is 0 Å². The van der Waals surface area contributed by atoms with Crippen molar-refractivity contribution < 1.29 is 9.52 Å². The van der Waals surface area contributed by atoms with Gasteiger partial charge in [0.2, 0.25) is 16.7 Å². The van der Waals surface area contributed by atoms with Crippen LogP contribution < -0.4 is 0 Å². The van der Waals surface area contributed by atoms with Crippen LogP contribution in [0.1, 0.15) is 36.2 Å². The van der Waals surface area contributed by atoms with E-state index < -0.39 is 0 Å². The van der Waals surface area contributed by atoms with E-state index in [-0.39, 0.29) is 11.9 Å². The average Bonchev–Trinajstić information content (AvgIpc) is 3.44. The van der Waals surface area contributed by atoms with Gasteiger partial charge in [-0.1, -0.05) is 42.0 Å². The van der Waals surface area contributed by atoms with E-state index in [1.54, 1.807) is 12.3 Å². The largest absolute Gasteiger partial charge is 0.492 e. The van der Waals surface area contributed by atoms with Crippen LogP contribution in [-0.2, 0) is 0 Å². The Balaban J connectivity index is 1.57. The Kier molecular flexibility index (Phi) is 4.81. The number of halogens is 1. The van der Waals surface area contributed by atoms with Crippen LogP contribution in [0.15, 0.2) is 47.1 Å². The number of thiazole rings is 1. The lowest BCUT2D eigenvalue weighted by Crippen LogP contribution is -2.36. The normalized spacial score (nSPS) is 17.2. The monoisotopic (exact) mass is 428 g/mol. The number of rotatable bonds is 4. The number of benzene rings is 1. The van der Waals surface area contributed by atoms with Crippen molar-refractivity contribution in [1.29, 1.82) is 0 Å². The predicted octanol–water partition coefficient (Wildman–Crippen LogP) is 5.23. The molecule has 4 heterocycles. The third-order valence-electron chi connectivity index (χ3n) is 5.56. The summed E-state index contributed by atoms with van der Waals surface area (Å²) in [6, 6.07) is 11.4. The Hall–Kier alpha value is -2.35. The SMILES string of the molecule is CC1CCN([C@@H](c2ccc(Cl)cc2)c2sc3nc(-c4ccco4)nn3c2O)CC1. The van der Waals surface area contributed by atoms with Crippen LogP contribution in [0.25, 0.3) is 16.5 Å². The van der Waals surface area contributed by atoms with Gasteiger partial charge in [0, 0.05) is 5.02 Å². The molecule has 0 radical (unpaired) electrons. The summed E-state index contributed by atoms with van der Waals surface area (Å²) in [6.45, 7) is 4.27. The van der Waals surface area contributed by atoms with Crippen molar-refractivity contribution >= 4 is 27.9 Å². The van der Waals surface area contributed by atoms with Crippen molar-refractivity contribution in [3.8, 4) is 17.5 Å². The molecule has 150 valence electrons. The number of aromatic hydroxyl groups is 1. The summed E-state index contributed by atoms with van der Waals surface area (Å²) in [6.07, 6.45) is 3.88. The van der Waals surface area contributed by atoms with Gasteiger partial charge < -0.3 is 9.52 Å². The average molecular weight is 429 g/mol. The maximum absolute atomic E-state index is 11.1. The predicted molar refractivity (Wildman–Crippen MR) is 113 cm³/mol. The third-order valence-corrected chi connectivity index (χ3v) is 6.88. The highest BCUT2D eigenvalue weighted by Gasteiger charge is 2.31. The van der Waals surface area contributed by atoms with E-state index in [1.165, 1.54) is 15.9 Å². The Morgan fingerprint density at radius 1 is 1.21 bits per heavy atom. The Bertz CT molecular complexity index is 1110. The maximum atomic E-state index is 11.1. The summed E-state index contributed by atoms with van der Waals surface area (Å²) < 4.78 is 6.89. The first-order valence-corrected chi connectivity index (χ1v) is 10.9. The second kappa shape index (κ2) is 7.48. The highest BCUT2D eigenvalue weighted by molar-refractivity contribution is 7.17. The molecule has 0 unspecified atom stereocenters. The minimum atomic E-state index is -0.0553. The van der Waals surface area contributed by atoms with Crippen LogP contribution in [0.3, 0.4) is 0 Å². The summed E-state index contributed by atoms with van der Waals surface area (Å²) >= 11 is 7.58. The molecular formula is C21H21ClN4O2S. The molecule has 1 aromatic carbocycles. The molecular weight excluding hydrogens is 408 g/mol. The molecule has 5 rings (SSSR count). The maximum Gasteiger partial charge on any atom is 0.230 e. The van der Waals surface area contributed by atoms with Crippen molar-refractivity contribution in [3.05, 3.63) is 58.1 Å². The van der Waals surface area contributed by atoms with Gasteiger partial charge in [0.15, 0.2) is 5.76 Å². The van der Waals surface area contributed by atoms with Gasteiger partial charge in [-0.2, -0.15) is 9.50 Å². The molecule has 0 bridgehead atoms. The zero-order valence-corrected chi connectivity index (χ0v) is 17.5. The molecule has 8 heteroatoms. The number of hydrogen-bond donors (Lipinski definition) is 1. The molecule has 1 fully saturated rings. The first-order chi connectivity index (χ1) is 14.1. The summed E-state index contributed by atoms with van der Waals surface area (Å²) in [5.41, 5.74) is 1.11. The van der Waals surface area contributed by atoms with Gasteiger partial charge in [-0.05, 0) is 61.7 Å².